The van der Waals surface area contributed by atoms with Crippen molar-refractivity contribution >= 4 is 36.7 Å². The minimum absolute atomic E-state index is 0.0661. The van der Waals surface area contributed by atoms with Crippen LogP contribution in [-0.2, 0) is 19.1 Å². The Hall–Kier alpha value is -2.60. The number of carbonyl (C=O) groups is 2. The number of urea groups is 1. The summed E-state index contributed by atoms with van der Waals surface area (Å²) < 4.78 is 13.8. The molecule has 1 aliphatic rings. The maximum atomic E-state index is 13.7. The first-order valence-electron chi connectivity index (χ1n) is 19.7. The van der Waals surface area contributed by atoms with Crippen molar-refractivity contribution < 1.29 is 44.3 Å². The number of ether oxygens (including phenoxy) is 2. The average Bonchev–Trinajstić information content (AvgIpc) is 3.12. The monoisotopic (exact) mass is 812 g/mol. The van der Waals surface area contributed by atoms with Gasteiger partial charge >= 0.3 is 6.03 Å². The predicted octanol–water partition coefficient (Wildman–Crippen LogP) is 5.65. The van der Waals surface area contributed by atoms with Gasteiger partial charge in [-0.15, -0.1) is 0 Å². The first-order valence-corrected chi connectivity index (χ1v) is 20.5. The van der Waals surface area contributed by atoms with Crippen LogP contribution >= 0.6 is 11.9 Å². The Bertz CT molecular complexity index is 1290. The second-order valence-electron chi connectivity index (χ2n) is 15.8. The van der Waals surface area contributed by atoms with Crippen LogP contribution < -0.4 is 10.0 Å². The number of hydrogen-bond donors (Lipinski definition) is 6. The van der Waals surface area contributed by atoms with Gasteiger partial charge < -0.3 is 54.6 Å². The maximum absolute atomic E-state index is 13.7. The van der Waals surface area contributed by atoms with Crippen LogP contribution in [0, 0.1) is 17.8 Å². The first kappa shape index (κ1) is 51.4. The summed E-state index contributed by atoms with van der Waals surface area (Å²) in [5.41, 5.74) is -1.05. The summed E-state index contributed by atoms with van der Waals surface area (Å²) in [5.74, 6) is 0.615. The fraction of sp³-hybridized carbons (Fsp3) is 0.732. The highest BCUT2D eigenvalue weighted by molar-refractivity contribution is 7.97. The van der Waals surface area contributed by atoms with Crippen molar-refractivity contribution in [2.45, 2.75) is 147 Å². The molecule has 0 aromatic heterocycles. The lowest BCUT2D eigenvalue weighted by molar-refractivity contribution is -0.172. The summed E-state index contributed by atoms with van der Waals surface area (Å²) in [6.07, 6.45) is 3.72. The third-order valence-corrected chi connectivity index (χ3v) is 11.0. The third kappa shape index (κ3) is 18.8. The van der Waals surface area contributed by atoms with Crippen LogP contribution in [0.2, 0.25) is 0 Å². The molecule has 1 saturated heterocycles. The molecule has 1 heterocycles. The molecule has 56 heavy (non-hydrogen) atoms. The van der Waals surface area contributed by atoms with Gasteiger partial charge in [0.15, 0.2) is 6.29 Å². The summed E-state index contributed by atoms with van der Waals surface area (Å²) >= 11 is 1.42. The van der Waals surface area contributed by atoms with E-state index in [4.69, 9.17) is 14.3 Å². The molecule has 0 aliphatic carbocycles. The van der Waals surface area contributed by atoms with E-state index < -0.39 is 42.3 Å². The van der Waals surface area contributed by atoms with Gasteiger partial charge in [0.25, 0.3) is 0 Å². The largest absolute Gasteiger partial charge is 0.393 e. The number of anilines is 1. The van der Waals surface area contributed by atoms with Gasteiger partial charge in [-0.3, -0.25) is 4.72 Å². The average molecular weight is 812 g/mol. The number of allylic oxidation sites excluding steroid dienone is 1. The predicted molar refractivity (Wildman–Crippen MR) is 224 cm³/mol. The lowest BCUT2D eigenvalue weighted by Crippen LogP contribution is -2.60. The van der Waals surface area contributed by atoms with Crippen molar-refractivity contribution in [2.24, 2.45) is 22.9 Å². The molecule has 0 radical (unpaired) electrons. The van der Waals surface area contributed by atoms with Gasteiger partial charge in [0.2, 0.25) is 0 Å². The molecule has 11 atom stereocenters. The van der Waals surface area contributed by atoms with Gasteiger partial charge in [0.1, 0.15) is 23.8 Å². The fourth-order valence-electron chi connectivity index (χ4n) is 7.09. The lowest BCUT2D eigenvalue weighted by Gasteiger charge is -2.42. The van der Waals surface area contributed by atoms with Crippen LogP contribution in [0.1, 0.15) is 93.9 Å². The van der Waals surface area contributed by atoms with Gasteiger partial charge in [-0.2, -0.15) is 0 Å². The Morgan fingerprint density at radius 3 is 2.29 bits per heavy atom. The number of nitrogens with zero attached hydrogens (tertiary/aromatic N) is 3. The van der Waals surface area contributed by atoms with E-state index >= 15 is 0 Å². The van der Waals surface area contributed by atoms with E-state index in [1.807, 2.05) is 66.9 Å². The van der Waals surface area contributed by atoms with Crippen molar-refractivity contribution in [1.82, 2.24) is 14.5 Å². The standard InChI is InChI=1S/C33H56N4O7S.C8H17NO2/c1-10-30(43-9)33(7,42)31(40)26(6)37(20-23(3)19-28(39)18-22(2)17-24(4)21-38)32(41)36-27-11-13-29(14-12-27)45-35-16-15-25(5)44-34-8;1-6-4-7(9(2)3)5-8(10)11-6/h11-15,21-24,26,28,30-31,35,39-40,42H,8,10,16-20H2,1-7,9H3,(H,36,41);6-8,10H,4-5H2,1-3H3/b25-15-;/t22-,23+,24?,26?,28?,30+,31?,33+;/m0./s1. The fourth-order valence-corrected chi connectivity index (χ4v) is 7.69. The summed E-state index contributed by atoms with van der Waals surface area (Å²) in [7, 11) is 5.56. The number of aliphatic hydroxyl groups excluding tert-OH is 3. The summed E-state index contributed by atoms with van der Waals surface area (Å²) in [4.78, 5) is 34.3. The minimum atomic E-state index is -1.62. The van der Waals surface area contributed by atoms with E-state index in [2.05, 4.69) is 26.8 Å². The topological polar surface area (TPSA) is 186 Å². The second-order valence-corrected chi connectivity index (χ2v) is 16.8. The van der Waals surface area contributed by atoms with Crippen molar-refractivity contribution in [3.63, 3.8) is 0 Å². The maximum Gasteiger partial charge on any atom is 0.322 e. The molecule has 322 valence electrons. The molecule has 15 heteroatoms. The molecule has 0 spiro atoms. The molecule has 0 bridgehead atoms. The molecule has 1 fully saturated rings. The van der Waals surface area contributed by atoms with Crippen LogP contribution in [0.5, 0.6) is 0 Å². The summed E-state index contributed by atoms with van der Waals surface area (Å²) in [5, 5.41) is 48.9. The lowest BCUT2D eigenvalue weighted by atomic mass is 9.86. The number of carbonyl (C=O) groups excluding carboxylic acids is 2. The highest BCUT2D eigenvalue weighted by Crippen LogP contribution is 2.28. The second kappa shape index (κ2) is 26.4. The zero-order valence-electron chi connectivity index (χ0n) is 35.7. The number of methoxy groups -OCH3 is 1. The Morgan fingerprint density at radius 1 is 1.12 bits per heavy atom. The van der Waals surface area contributed by atoms with E-state index in [1.165, 1.54) is 30.9 Å². The van der Waals surface area contributed by atoms with Crippen LogP contribution in [0.25, 0.3) is 0 Å². The quantitative estimate of drug-likeness (QED) is 0.0200. The highest BCUT2D eigenvalue weighted by Gasteiger charge is 2.44. The van der Waals surface area contributed by atoms with E-state index in [0.29, 0.717) is 49.7 Å². The molecule has 6 N–H and O–H groups in total. The van der Waals surface area contributed by atoms with E-state index in [9.17, 15) is 30.0 Å². The molecule has 1 aromatic carbocycles. The zero-order chi connectivity index (χ0) is 42.6. The molecule has 2 rings (SSSR count). The van der Waals surface area contributed by atoms with Crippen molar-refractivity contribution in [1.29, 1.82) is 0 Å². The van der Waals surface area contributed by atoms with Gasteiger partial charge in [0, 0.05) is 55.9 Å². The molecule has 0 saturated carbocycles. The number of aldehydes is 1. The number of amides is 2. The Balaban J connectivity index is 0.00000121. The Labute approximate surface area is 340 Å². The van der Waals surface area contributed by atoms with Gasteiger partial charge in [-0.1, -0.05) is 32.9 Å². The summed E-state index contributed by atoms with van der Waals surface area (Å²) in [6, 6.07) is 6.56. The molecule has 7 unspecified atom stereocenters. The summed E-state index contributed by atoms with van der Waals surface area (Å²) in [6.45, 7) is 18.7. The minimum Gasteiger partial charge on any atom is -0.393 e. The van der Waals surface area contributed by atoms with E-state index in [1.54, 1.807) is 26.0 Å². The van der Waals surface area contributed by atoms with Gasteiger partial charge in [-0.05, 0) is 128 Å². The Morgan fingerprint density at radius 2 is 1.75 bits per heavy atom. The van der Waals surface area contributed by atoms with Crippen molar-refractivity contribution in [2.75, 3.05) is 39.6 Å². The van der Waals surface area contributed by atoms with Crippen LogP contribution in [0.3, 0.4) is 0 Å². The molecule has 1 aromatic rings. The van der Waals surface area contributed by atoms with E-state index in [0.717, 1.165) is 24.0 Å². The van der Waals surface area contributed by atoms with Crippen molar-refractivity contribution in [3.05, 3.63) is 36.1 Å². The molecular formula is C41H73N5O9S. The highest BCUT2D eigenvalue weighted by atomic mass is 32.2. The van der Waals surface area contributed by atoms with E-state index in [-0.39, 0.29) is 30.4 Å². The zero-order valence-corrected chi connectivity index (χ0v) is 36.5. The number of rotatable bonds is 23. The third-order valence-electron chi connectivity index (χ3n) is 10.2. The van der Waals surface area contributed by atoms with Gasteiger partial charge in [-0.25, -0.2) is 4.79 Å². The SMILES string of the molecule is C=NO/C(C)=C\CNSc1ccc(NC(=O)N(C[C@H](C)CC(O)C[C@@H](C)CC(C)C=O)C(C)C(O)[C@](C)(O)[C@@H](CC)OC)cc1.CC1CC(N(C)C)CC(O)O1. The smallest absolute Gasteiger partial charge is 0.322 e. The Kier molecular flexibility index (Phi) is 24.3. The first-order chi connectivity index (χ1) is 26.3. The number of hydrogen-bond acceptors (Lipinski definition) is 13. The number of aliphatic hydroxyl groups is 4. The molecule has 2 amide bonds. The molecular weight excluding hydrogens is 739 g/mol. The van der Waals surface area contributed by atoms with Crippen LogP contribution in [0.4, 0.5) is 10.5 Å². The van der Waals surface area contributed by atoms with Crippen LogP contribution in [-0.4, -0.2) is 132 Å². The normalized spacial score (nSPS) is 22.2. The van der Waals surface area contributed by atoms with Crippen LogP contribution in [0.15, 0.2) is 46.2 Å². The van der Waals surface area contributed by atoms with Gasteiger partial charge in [0.05, 0.1) is 24.4 Å². The number of oxime groups is 1. The number of benzene rings is 1. The molecule has 14 nitrogen and oxygen atoms in total. The van der Waals surface area contributed by atoms with Crippen molar-refractivity contribution in [3.8, 4) is 0 Å². The number of nitrogens with one attached hydrogen (secondary N) is 2. The molecule has 1 aliphatic heterocycles.